The Hall–Kier alpha value is -2.15. The number of likely N-dealkylation sites (N-methyl/N-ethyl adjacent to an activating group) is 1. The molecule has 0 spiro atoms. The minimum Gasteiger partial charge on any atom is -0.501 e. The Kier molecular flexibility index (Phi) is 5.27. The molecule has 2 heterocycles. The summed E-state index contributed by atoms with van der Waals surface area (Å²) < 4.78 is 2.81. The minimum atomic E-state index is -0.720. The molecule has 1 amide bonds. The first-order valence-corrected chi connectivity index (χ1v) is 11.0. The summed E-state index contributed by atoms with van der Waals surface area (Å²) in [6, 6.07) is 8.32. The fourth-order valence-corrected chi connectivity index (χ4v) is 5.21. The second kappa shape index (κ2) is 7.59. The van der Waals surface area contributed by atoms with E-state index in [-0.39, 0.29) is 23.1 Å². The maximum atomic E-state index is 12.8. The second-order valence-corrected chi connectivity index (χ2v) is 9.35. The van der Waals surface area contributed by atoms with Crippen LogP contribution in [0.25, 0.3) is 0 Å². The average Bonchev–Trinajstić information content (AvgIpc) is 2.70. The first-order valence-electron chi connectivity index (χ1n) is 10.2. The number of carbonyl (C=O) groups excluding carboxylic acids is 1. The summed E-state index contributed by atoms with van der Waals surface area (Å²) in [5, 5.41) is 10.3. The second-order valence-electron chi connectivity index (χ2n) is 8.43. The van der Waals surface area contributed by atoms with Gasteiger partial charge in [-0.05, 0) is 37.5 Å². The fourth-order valence-electron chi connectivity index (χ4n) is 4.81. The molecule has 2 aromatic rings. The van der Waals surface area contributed by atoms with Gasteiger partial charge in [-0.25, -0.2) is 0 Å². The third-order valence-electron chi connectivity index (χ3n) is 6.61. The number of benzene rings is 1. The highest BCUT2D eigenvalue weighted by Gasteiger charge is 2.38. The number of aromatic nitrogens is 2. The van der Waals surface area contributed by atoms with Gasteiger partial charge in [0.1, 0.15) is 5.82 Å². The molecule has 1 aliphatic heterocycles. The highest BCUT2D eigenvalue weighted by atomic mass is 79.9. The van der Waals surface area contributed by atoms with Crippen molar-refractivity contribution in [2.24, 2.45) is 0 Å². The van der Waals surface area contributed by atoms with Crippen LogP contribution in [0.1, 0.15) is 60.9 Å². The van der Waals surface area contributed by atoms with Crippen LogP contribution in [-0.4, -0.2) is 38.6 Å². The van der Waals surface area contributed by atoms with Crippen LogP contribution in [-0.2, 0) is 18.4 Å². The van der Waals surface area contributed by atoms with E-state index in [0.29, 0.717) is 18.8 Å². The van der Waals surface area contributed by atoms with Crippen LogP contribution >= 0.6 is 15.9 Å². The number of fused-ring (bicyclic) bond motifs is 1. The van der Waals surface area contributed by atoms with Gasteiger partial charge < -0.3 is 14.6 Å². The van der Waals surface area contributed by atoms with Gasteiger partial charge in [0, 0.05) is 35.9 Å². The Morgan fingerprint density at radius 2 is 1.97 bits per heavy atom. The Labute approximate surface area is 178 Å². The number of nitrogens with zero attached hydrogens (tertiary/aromatic N) is 3. The van der Waals surface area contributed by atoms with Crippen molar-refractivity contribution in [2.45, 2.75) is 63.5 Å². The zero-order chi connectivity index (χ0) is 20.8. The molecule has 6 nitrogen and oxygen atoms in total. The minimum absolute atomic E-state index is 0.0365. The molecule has 7 heteroatoms. The molecule has 1 fully saturated rings. The van der Waals surface area contributed by atoms with Gasteiger partial charge in [-0.3, -0.25) is 9.59 Å². The third kappa shape index (κ3) is 3.50. The summed E-state index contributed by atoms with van der Waals surface area (Å²) in [5.41, 5.74) is 0.452. The SMILES string of the molecule is C[C@H]1Cn2c(CC3(c4cccc(Br)c4)CCCCC3)nc(=O)c(O)c2C(=O)N1C. The van der Waals surface area contributed by atoms with Crippen LogP contribution in [0.4, 0.5) is 0 Å². The maximum Gasteiger partial charge on any atom is 0.315 e. The lowest BCUT2D eigenvalue weighted by atomic mass is 9.67. The number of amides is 1. The van der Waals surface area contributed by atoms with Crippen LogP contribution in [0.5, 0.6) is 5.75 Å². The van der Waals surface area contributed by atoms with Crippen molar-refractivity contribution in [3.8, 4) is 5.75 Å². The monoisotopic (exact) mass is 459 g/mol. The van der Waals surface area contributed by atoms with Gasteiger partial charge in [0.05, 0.1) is 0 Å². The Morgan fingerprint density at radius 3 is 2.66 bits per heavy atom. The summed E-state index contributed by atoms with van der Waals surface area (Å²) in [4.78, 5) is 31.1. The highest BCUT2D eigenvalue weighted by molar-refractivity contribution is 9.10. The van der Waals surface area contributed by atoms with Crippen molar-refractivity contribution in [3.63, 3.8) is 0 Å². The molecule has 0 unspecified atom stereocenters. The number of hydrogen-bond donors (Lipinski definition) is 1. The number of rotatable bonds is 3. The van der Waals surface area contributed by atoms with Crippen molar-refractivity contribution in [1.82, 2.24) is 14.5 Å². The summed E-state index contributed by atoms with van der Waals surface area (Å²) in [5.74, 6) is -0.280. The highest BCUT2D eigenvalue weighted by Crippen LogP contribution is 2.43. The summed E-state index contributed by atoms with van der Waals surface area (Å²) in [6.45, 7) is 2.48. The lowest BCUT2D eigenvalue weighted by Crippen LogP contribution is -2.47. The Bertz CT molecular complexity index is 1010. The smallest absolute Gasteiger partial charge is 0.315 e. The van der Waals surface area contributed by atoms with Crippen molar-refractivity contribution in [1.29, 1.82) is 0 Å². The van der Waals surface area contributed by atoms with E-state index >= 15 is 0 Å². The van der Waals surface area contributed by atoms with Crippen molar-refractivity contribution >= 4 is 21.8 Å². The predicted octanol–water partition coefficient (Wildman–Crippen LogP) is 3.63. The van der Waals surface area contributed by atoms with Crippen LogP contribution in [0.2, 0.25) is 0 Å². The molecule has 29 heavy (non-hydrogen) atoms. The molecular formula is C22H26BrN3O3. The summed E-state index contributed by atoms with van der Waals surface area (Å²) in [6.07, 6.45) is 6.06. The van der Waals surface area contributed by atoms with E-state index in [4.69, 9.17) is 0 Å². The number of halogens is 1. The molecule has 4 rings (SSSR count). The third-order valence-corrected chi connectivity index (χ3v) is 7.11. The van der Waals surface area contributed by atoms with Gasteiger partial charge in [-0.2, -0.15) is 4.98 Å². The molecule has 0 saturated heterocycles. The first-order chi connectivity index (χ1) is 13.8. The van der Waals surface area contributed by atoms with Gasteiger partial charge in [0.25, 0.3) is 5.91 Å². The largest absolute Gasteiger partial charge is 0.501 e. The van der Waals surface area contributed by atoms with E-state index in [9.17, 15) is 14.7 Å². The Morgan fingerprint density at radius 1 is 1.24 bits per heavy atom. The molecule has 154 valence electrons. The van der Waals surface area contributed by atoms with Gasteiger partial charge in [-0.15, -0.1) is 0 Å². The zero-order valence-corrected chi connectivity index (χ0v) is 18.4. The lowest BCUT2D eigenvalue weighted by molar-refractivity contribution is 0.0660. The topological polar surface area (TPSA) is 75.4 Å². The molecule has 0 bridgehead atoms. The van der Waals surface area contributed by atoms with Crippen LogP contribution < -0.4 is 5.56 Å². The molecule has 0 radical (unpaired) electrons. The fraction of sp³-hybridized carbons (Fsp3) is 0.500. The summed E-state index contributed by atoms with van der Waals surface area (Å²) in [7, 11) is 1.70. The number of carbonyl (C=O) groups is 1. The predicted molar refractivity (Wildman–Crippen MR) is 114 cm³/mol. The maximum absolute atomic E-state index is 12.8. The normalized spacial score (nSPS) is 21.1. The number of aromatic hydroxyl groups is 1. The zero-order valence-electron chi connectivity index (χ0n) is 16.8. The average molecular weight is 460 g/mol. The molecule has 2 aliphatic rings. The molecule has 1 aromatic carbocycles. The van der Waals surface area contributed by atoms with Crippen LogP contribution in [0.3, 0.4) is 0 Å². The van der Waals surface area contributed by atoms with Crippen molar-refractivity contribution in [3.05, 3.63) is 56.2 Å². The molecular weight excluding hydrogens is 434 g/mol. The van der Waals surface area contributed by atoms with E-state index in [1.807, 2.05) is 19.1 Å². The van der Waals surface area contributed by atoms with E-state index in [2.05, 4.69) is 33.0 Å². The summed E-state index contributed by atoms with van der Waals surface area (Å²) >= 11 is 3.59. The van der Waals surface area contributed by atoms with Gasteiger partial charge >= 0.3 is 5.56 Å². The lowest BCUT2D eigenvalue weighted by Gasteiger charge is -2.40. The molecule has 1 aliphatic carbocycles. The van der Waals surface area contributed by atoms with Crippen molar-refractivity contribution in [2.75, 3.05) is 7.05 Å². The van der Waals surface area contributed by atoms with E-state index in [0.717, 1.165) is 30.2 Å². The van der Waals surface area contributed by atoms with Crippen LogP contribution in [0.15, 0.2) is 33.5 Å². The van der Waals surface area contributed by atoms with Gasteiger partial charge in [0.15, 0.2) is 5.69 Å². The number of hydrogen-bond acceptors (Lipinski definition) is 4. The molecule has 1 atom stereocenters. The van der Waals surface area contributed by atoms with E-state index < -0.39 is 11.3 Å². The van der Waals surface area contributed by atoms with Gasteiger partial charge in [0.2, 0.25) is 5.75 Å². The molecule has 1 aromatic heterocycles. The quantitative estimate of drug-likeness (QED) is 0.759. The first kappa shape index (κ1) is 20.1. The van der Waals surface area contributed by atoms with E-state index in [1.165, 1.54) is 12.0 Å². The standard InChI is InChI=1S/C22H26BrN3O3/c1-14-13-26-17(24-20(28)19(27)18(26)21(29)25(14)2)12-22(9-4-3-5-10-22)15-7-6-8-16(23)11-15/h6-8,11,14,27H,3-5,9-10,12-13H2,1-2H3/t14-/m0/s1. The van der Waals surface area contributed by atoms with Crippen molar-refractivity contribution < 1.29 is 9.90 Å². The molecule has 1 N–H and O–H groups in total. The Balaban J connectivity index is 1.85. The van der Waals surface area contributed by atoms with Crippen LogP contribution in [0, 0.1) is 0 Å². The van der Waals surface area contributed by atoms with E-state index in [1.54, 1.807) is 16.5 Å². The molecule has 1 saturated carbocycles. The van der Waals surface area contributed by atoms with Gasteiger partial charge in [-0.1, -0.05) is 47.3 Å².